The number of phenolic OH excluding ortho intramolecular Hbond substituents is 1. The van der Waals surface area contributed by atoms with Crippen LogP contribution >= 0.6 is 0 Å². The number of benzene rings is 3. The van der Waals surface area contributed by atoms with Crippen molar-refractivity contribution in [2.45, 2.75) is 24.0 Å². The quantitative estimate of drug-likeness (QED) is 0.325. The number of aromatic hydroxyl groups is 1. The Hall–Kier alpha value is -2.23. The van der Waals surface area contributed by atoms with Gasteiger partial charge in [0.1, 0.15) is 17.8 Å². The van der Waals surface area contributed by atoms with E-state index in [1.165, 1.54) is 21.2 Å². The second kappa shape index (κ2) is 11.5. The predicted molar refractivity (Wildman–Crippen MR) is 119 cm³/mol. The van der Waals surface area contributed by atoms with E-state index >= 15 is 0 Å². The predicted octanol–water partition coefficient (Wildman–Crippen LogP) is 5.95. The lowest BCUT2D eigenvalue weighted by atomic mass is 10.1. The molecule has 0 radical (unpaired) electrons. The van der Waals surface area contributed by atoms with Crippen LogP contribution in [0.3, 0.4) is 0 Å². The minimum atomic E-state index is 0.140. The topological polar surface area (TPSA) is 29.5 Å². The molecule has 0 aliphatic rings. The van der Waals surface area contributed by atoms with Crippen LogP contribution in [0.1, 0.15) is 18.9 Å². The molecular formula is C24H29O2S+. The maximum absolute atomic E-state index is 9.37. The number of methoxy groups -OCH3 is 1. The normalized spacial score (nSPS) is 12.0. The number of phenols is 1. The molecule has 0 saturated heterocycles. The van der Waals surface area contributed by atoms with Crippen LogP contribution in [0.15, 0.2) is 83.8 Å². The zero-order valence-electron chi connectivity index (χ0n) is 16.4. The summed E-state index contributed by atoms with van der Waals surface area (Å²) in [4.78, 5) is 1.29. The highest BCUT2D eigenvalue weighted by atomic mass is 32.2. The van der Waals surface area contributed by atoms with Crippen LogP contribution < -0.4 is 0 Å². The summed E-state index contributed by atoms with van der Waals surface area (Å²) in [7, 11) is 1.85. The van der Waals surface area contributed by atoms with Crippen molar-refractivity contribution in [2.24, 2.45) is 0 Å². The van der Waals surface area contributed by atoms with Crippen LogP contribution in [-0.4, -0.2) is 25.1 Å². The number of ether oxygens (including phenoxy) is 1. The van der Waals surface area contributed by atoms with Crippen LogP contribution in [0.2, 0.25) is 0 Å². The zero-order valence-corrected chi connectivity index (χ0v) is 17.2. The third kappa shape index (κ3) is 6.78. The summed E-state index contributed by atoms with van der Waals surface area (Å²) in [6.07, 6.45) is 7.41. The van der Waals surface area contributed by atoms with Gasteiger partial charge in [-0.15, -0.1) is 0 Å². The number of allylic oxidation sites excluding steroid dienone is 1. The summed E-state index contributed by atoms with van der Waals surface area (Å²) in [5.41, 5.74) is 1.39. The molecule has 3 aromatic rings. The molecule has 0 aliphatic carbocycles. The van der Waals surface area contributed by atoms with Gasteiger partial charge in [-0.2, -0.15) is 0 Å². The van der Waals surface area contributed by atoms with Crippen molar-refractivity contribution < 1.29 is 9.84 Å². The van der Waals surface area contributed by atoms with Crippen molar-refractivity contribution in [1.82, 2.24) is 0 Å². The Morgan fingerprint density at radius 2 is 1.67 bits per heavy atom. The fourth-order valence-corrected chi connectivity index (χ4v) is 4.25. The molecule has 1 atom stereocenters. The van der Waals surface area contributed by atoms with Gasteiger partial charge in [0.05, 0.1) is 0 Å². The number of fused-ring (bicyclic) bond motifs is 1. The highest BCUT2D eigenvalue weighted by molar-refractivity contribution is 7.95. The summed E-state index contributed by atoms with van der Waals surface area (Å²) in [6, 6.07) is 22.6. The number of hydrogen-bond donors (Lipinski definition) is 1. The van der Waals surface area contributed by atoms with Crippen molar-refractivity contribution in [1.29, 1.82) is 0 Å². The van der Waals surface area contributed by atoms with Gasteiger partial charge >= 0.3 is 0 Å². The zero-order chi connectivity index (χ0) is 19.5. The fraction of sp³-hybridized carbons (Fsp3) is 0.250. The maximum atomic E-state index is 9.37. The third-order valence-electron chi connectivity index (χ3n) is 4.22. The SMILES string of the molecule is C/C=C\CCOC.C[S+](Cc1cccc2ccccc12)c1ccc(O)cc1. The second-order valence-corrected chi connectivity index (χ2v) is 8.30. The minimum Gasteiger partial charge on any atom is -0.508 e. The van der Waals surface area contributed by atoms with E-state index in [1.54, 1.807) is 19.2 Å². The van der Waals surface area contributed by atoms with Gasteiger partial charge in [-0.1, -0.05) is 54.6 Å². The lowest BCUT2D eigenvalue weighted by molar-refractivity contribution is 0.204. The summed E-state index contributed by atoms with van der Waals surface area (Å²) in [5, 5.41) is 12.0. The maximum Gasteiger partial charge on any atom is 0.155 e. The molecule has 0 heterocycles. The first-order valence-electron chi connectivity index (χ1n) is 9.14. The molecule has 3 aromatic carbocycles. The van der Waals surface area contributed by atoms with E-state index in [9.17, 15) is 5.11 Å². The van der Waals surface area contributed by atoms with Gasteiger partial charge in [-0.05, 0) is 48.4 Å². The minimum absolute atomic E-state index is 0.140. The molecule has 3 heteroatoms. The largest absolute Gasteiger partial charge is 0.508 e. The summed E-state index contributed by atoms with van der Waals surface area (Å²) >= 11 is 0. The van der Waals surface area contributed by atoms with E-state index in [1.807, 2.05) is 25.1 Å². The Labute approximate surface area is 165 Å². The van der Waals surface area contributed by atoms with E-state index in [4.69, 9.17) is 4.74 Å². The van der Waals surface area contributed by atoms with Crippen molar-refractivity contribution in [2.75, 3.05) is 20.0 Å². The monoisotopic (exact) mass is 381 g/mol. The summed E-state index contributed by atoms with van der Waals surface area (Å²) in [5.74, 6) is 1.36. The van der Waals surface area contributed by atoms with Crippen LogP contribution in [0.25, 0.3) is 10.8 Å². The summed E-state index contributed by atoms with van der Waals surface area (Å²) < 4.78 is 4.79. The van der Waals surface area contributed by atoms with Crippen molar-refractivity contribution in [3.63, 3.8) is 0 Å². The molecule has 0 bridgehead atoms. The first kappa shape index (κ1) is 21.1. The molecule has 0 aliphatic heterocycles. The molecule has 1 N–H and O–H groups in total. The molecule has 0 fully saturated rings. The van der Waals surface area contributed by atoms with Gasteiger partial charge in [0.25, 0.3) is 0 Å². The van der Waals surface area contributed by atoms with E-state index in [2.05, 4.69) is 54.8 Å². The van der Waals surface area contributed by atoms with Gasteiger partial charge in [-0.3, -0.25) is 0 Å². The molecule has 1 unspecified atom stereocenters. The molecular weight excluding hydrogens is 352 g/mol. The molecule has 0 amide bonds. The smallest absolute Gasteiger partial charge is 0.155 e. The van der Waals surface area contributed by atoms with Gasteiger partial charge in [-0.25, -0.2) is 0 Å². The van der Waals surface area contributed by atoms with Crippen molar-refractivity contribution in [3.05, 3.63) is 84.4 Å². The highest BCUT2D eigenvalue weighted by Gasteiger charge is 2.17. The van der Waals surface area contributed by atoms with E-state index < -0.39 is 0 Å². The fourth-order valence-electron chi connectivity index (χ4n) is 2.77. The summed E-state index contributed by atoms with van der Waals surface area (Å²) in [6.45, 7) is 2.85. The number of rotatable bonds is 6. The first-order valence-corrected chi connectivity index (χ1v) is 10.9. The molecule has 2 nitrogen and oxygen atoms in total. The van der Waals surface area contributed by atoms with Gasteiger partial charge in [0, 0.05) is 30.2 Å². The van der Waals surface area contributed by atoms with Crippen LogP contribution in [0.4, 0.5) is 0 Å². The van der Waals surface area contributed by atoms with Gasteiger partial charge < -0.3 is 9.84 Å². The van der Waals surface area contributed by atoms with E-state index in [0.717, 1.165) is 18.8 Å². The van der Waals surface area contributed by atoms with Crippen LogP contribution in [0.5, 0.6) is 5.75 Å². The van der Waals surface area contributed by atoms with Crippen molar-refractivity contribution >= 4 is 21.7 Å². The Bertz CT molecular complexity index is 835. The Balaban J connectivity index is 0.000000321. The van der Waals surface area contributed by atoms with Gasteiger partial charge in [0.15, 0.2) is 4.90 Å². The van der Waals surface area contributed by atoms with Gasteiger partial charge in [0.2, 0.25) is 0 Å². The third-order valence-corrected chi connectivity index (χ3v) is 6.04. The standard InChI is InChI=1S/C18H16OS.C6H12O/c1-20(17-11-9-16(19)10-12-17)13-15-7-4-6-14-5-2-3-8-18(14)15;1-3-4-5-6-7-2/h2-12H,13H2,1H3;3-4H,5-6H2,1-2H3/p+1/b;4-3-. The number of hydrogen-bond acceptors (Lipinski definition) is 2. The molecule has 142 valence electrons. The Morgan fingerprint density at radius 1 is 0.963 bits per heavy atom. The molecule has 27 heavy (non-hydrogen) atoms. The first-order chi connectivity index (χ1) is 13.2. The molecule has 3 rings (SSSR count). The Kier molecular flexibility index (Phi) is 8.96. The van der Waals surface area contributed by atoms with Crippen molar-refractivity contribution in [3.8, 4) is 5.75 Å². The molecule has 0 aromatic heterocycles. The highest BCUT2D eigenvalue weighted by Crippen LogP contribution is 2.24. The second-order valence-electron chi connectivity index (χ2n) is 6.26. The van der Waals surface area contributed by atoms with Crippen LogP contribution in [-0.2, 0) is 21.4 Å². The average molecular weight is 382 g/mol. The molecule has 0 spiro atoms. The van der Waals surface area contributed by atoms with Crippen LogP contribution in [0, 0.1) is 0 Å². The lowest BCUT2D eigenvalue weighted by Crippen LogP contribution is -2.04. The van der Waals surface area contributed by atoms with E-state index in [0.29, 0.717) is 5.75 Å². The Morgan fingerprint density at radius 3 is 2.37 bits per heavy atom. The average Bonchev–Trinajstić information content (AvgIpc) is 2.70. The van der Waals surface area contributed by atoms with E-state index in [-0.39, 0.29) is 10.9 Å². The molecule has 0 saturated carbocycles. The lowest BCUT2D eigenvalue weighted by Gasteiger charge is -2.07.